The number of para-hydroxylation sites is 1. The van der Waals surface area contributed by atoms with Crippen LogP contribution in [0.25, 0.3) is 28.2 Å². The maximum Gasteiger partial charge on any atom is 0.270 e. The molecule has 0 spiro atoms. The number of hydrogen-bond acceptors (Lipinski definition) is 5. The average molecular weight is 450 g/mol. The molecule has 1 N–H and O–H groups in total. The van der Waals surface area contributed by atoms with Crippen LogP contribution in [-0.2, 0) is 0 Å². The molecule has 8 heteroatoms. The van der Waals surface area contributed by atoms with Crippen LogP contribution in [-0.4, -0.2) is 59.7 Å². The van der Waals surface area contributed by atoms with Gasteiger partial charge in [0.15, 0.2) is 5.65 Å². The summed E-state index contributed by atoms with van der Waals surface area (Å²) in [7, 11) is 5.54. The molecular weight excluding hydrogens is 426 g/mol. The molecule has 1 amide bonds. The second-order valence-corrected chi connectivity index (χ2v) is 8.03. The monoisotopic (exact) mass is 449 g/mol. The number of nitrogens with one attached hydrogen (secondary N) is 1. The Morgan fingerprint density at radius 2 is 1.84 bits per heavy atom. The van der Waals surface area contributed by atoms with Gasteiger partial charge in [-0.3, -0.25) is 4.79 Å². The number of methoxy groups -OCH3 is 1. The number of aromatic nitrogens is 3. The standard InChI is InChI=1S/C24H24ClN5O2/c1-29(2)13-12-26-24(31)21-14-20(18-6-4-5-7-22(18)32-3)27-23-15-19(28-30(21)23)16-8-10-17(25)11-9-16/h4-11,14-15H,12-13H2,1-3H3,(H,26,31). The molecule has 7 nitrogen and oxygen atoms in total. The zero-order chi connectivity index (χ0) is 22.7. The van der Waals surface area contributed by atoms with Crippen molar-refractivity contribution < 1.29 is 9.53 Å². The van der Waals surface area contributed by atoms with Gasteiger partial charge in [0.25, 0.3) is 5.91 Å². The lowest BCUT2D eigenvalue weighted by Gasteiger charge is -2.13. The number of benzene rings is 2. The number of halogens is 1. The fourth-order valence-electron chi connectivity index (χ4n) is 3.38. The largest absolute Gasteiger partial charge is 0.496 e. The summed E-state index contributed by atoms with van der Waals surface area (Å²) < 4.78 is 7.09. The van der Waals surface area contributed by atoms with Crippen molar-refractivity contribution in [3.05, 3.63) is 71.4 Å². The fourth-order valence-corrected chi connectivity index (χ4v) is 3.50. The molecule has 0 aliphatic heterocycles. The highest BCUT2D eigenvalue weighted by atomic mass is 35.5. The van der Waals surface area contributed by atoms with E-state index in [1.807, 2.05) is 73.6 Å². The SMILES string of the molecule is COc1ccccc1-c1cc(C(=O)NCCN(C)C)n2nc(-c3ccc(Cl)cc3)cc2n1. The molecule has 164 valence electrons. The van der Waals surface area contributed by atoms with Crippen molar-refractivity contribution in [2.45, 2.75) is 0 Å². The lowest BCUT2D eigenvalue weighted by Crippen LogP contribution is -2.32. The fraction of sp³-hybridized carbons (Fsp3) is 0.208. The molecule has 2 heterocycles. The molecule has 0 saturated heterocycles. The van der Waals surface area contributed by atoms with Crippen LogP contribution in [0.5, 0.6) is 5.75 Å². The minimum Gasteiger partial charge on any atom is -0.496 e. The number of carbonyl (C=O) groups excluding carboxylic acids is 1. The minimum atomic E-state index is -0.221. The van der Waals surface area contributed by atoms with Gasteiger partial charge < -0.3 is 15.0 Å². The number of rotatable bonds is 7. The first kappa shape index (κ1) is 21.8. The Morgan fingerprint density at radius 3 is 2.56 bits per heavy atom. The third kappa shape index (κ3) is 4.59. The summed E-state index contributed by atoms with van der Waals surface area (Å²) in [5, 5.41) is 8.28. The summed E-state index contributed by atoms with van der Waals surface area (Å²) in [6.07, 6.45) is 0. The molecule has 0 aliphatic carbocycles. The molecule has 2 aromatic carbocycles. The van der Waals surface area contributed by atoms with Crippen molar-refractivity contribution in [2.24, 2.45) is 0 Å². The molecule has 0 aliphatic rings. The zero-order valence-corrected chi connectivity index (χ0v) is 18.9. The van der Waals surface area contributed by atoms with E-state index in [1.54, 1.807) is 17.7 Å². The summed E-state index contributed by atoms with van der Waals surface area (Å²) in [5.74, 6) is 0.460. The number of hydrogen-bond donors (Lipinski definition) is 1. The van der Waals surface area contributed by atoms with E-state index < -0.39 is 0 Å². The molecule has 0 atom stereocenters. The zero-order valence-electron chi connectivity index (χ0n) is 18.2. The highest BCUT2D eigenvalue weighted by molar-refractivity contribution is 6.30. The van der Waals surface area contributed by atoms with Crippen LogP contribution in [0, 0.1) is 0 Å². The van der Waals surface area contributed by atoms with E-state index in [0.29, 0.717) is 40.0 Å². The van der Waals surface area contributed by atoms with E-state index in [9.17, 15) is 4.79 Å². The van der Waals surface area contributed by atoms with Crippen LogP contribution >= 0.6 is 11.6 Å². The third-order valence-electron chi connectivity index (χ3n) is 5.03. The topological polar surface area (TPSA) is 71.8 Å². The van der Waals surface area contributed by atoms with Gasteiger partial charge in [0.2, 0.25) is 0 Å². The average Bonchev–Trinajstić information content (AvgIpc) is 3.22. The van der Waals surface area contributed by atoms with Gasteiger partial charge in [0, 0.05) is 35.3 Å². The quantitative estimate of drug-likeness (QED) is 0.461. The lowest BCUT2D eigenvalue weighted by molar-refractivity contribution is 0.0943. The van der Waals surface area contributed by atoms with E-state index in [2.05, 4.69) is 10.4 Å². The van der Waals surface area contributed by atoms with E-state index in [0.717, 1.165) is 17.7 Å². The molecule has 32 heavy (non-hydrogen) atoms. The van der Waals surface area contributed by atoms with Gasteiger partial charge in [-0.05, 0) is 44.4 Å². The lowest BCUT2D eigenvalue weighted by atomic mass is 10.1. The maximum atomic E-state index is 13.1. The summed E-state index contributed by atoms with van der Waals surface area (Å²) in [6.45, 7) is 1.25. The normalized spacial score (nSPS) is 11.2. The van der Waals surface area contributed by atoms with E-state index in [1.165, 1.54) is 0 Å². The minimum absolute atomic E-state index is 0.221. The maximum absolute atomic E-state index is 13.1. The second kappa shape index (κ2) is 9.38. The Morgan fingerprint density at radius 1 is 1.09 bits per heavy atom. The van der Waals surface area contributed by atoms with Gasteiger partial charge in [0.05, 0.1) is 18.5 Å². The number of carbonyl (C=O) groups is 1. The Kier molecular flexibility index (Phi) is 6.39. The van der Waals surface area contributed by atoms with Crippen molar-refractivity contribution in [1.82, 2.24) is 24.8 Å². The molecule has 4 rings (SSSR count). The van der Waals surface area contributed by atoms with Crippen LogP contribution in [0.3, 0.4) is 0 Å². The van der Waals surface area contributed by atoms with Crippen molar-refractivity contribution in [2.75, 3.05) is 34.3 Å². The molecule has 0 saturated carbocycles. The van der Waals surface area contributed by atoms with E-state index in [4.69, 9.17) is 21.3 Å². The Balaban J connectivity index is 1.83. The number of amides is 1. The first-order valence-corrected chi connectivity index (χ1v) is 10.6. The van der Waals surface area contributed by atoms with Crippen LogP contribution in [0.1, 0.15) is 10.5 Å². The summed E-state index contributed by atoms with van der Waals surface area (Å²) in [6, 6.07) is 18.6. The summed E-state index contributed by atoms with van der Waals surface area (Å²) in [5.41, 5.74) is 3.99. The molecule has 4 aromatic rings. The van der Waals surface area contributed by atoms with Crippen LogP contribution < -0.4 is 10.1 Å². The summed E-state index contributed by atoms with van der Waals surface area (Å²) in [4.78, 5) is 19.9. The molecule has 0 unspecified atom stereocenters. The number of fused-ring (bicyclic) bond motifs is 1. The first-order valence-electron chi connectivity index (χ1n) is 10.2. The van der Waals surface area contributed by atoms with Crippen molar-refractivity contribution in [3.63, 3.8) is 0 Å². The predicted molar refractivity (Wildman–Crippen MR) is 126 cm³/mol. The molecule has 2 aromatic heterocycles. The van der Waals surface area contributed by atoms with Gasteiger partial charge in [-0.15, -0.1) is 0 Å². The Labute approximate surface area is 191 Å². The molecule has 0 radical (unpaired) electrons. The van der Waals surface area contributed by atoms with Gasteiger partial charge in [-0.2, -0.15) is 5.10 Å². The number of nitrogens with zero attached hydrogens (tertiary/aromatic N) is 4. The number of likely N-dealkylation sites (N-methyl/N-ethyl adjacent to an activating group) is 1. The predicted octanol–water partition coefficient (Wildman–Crippen LogP) is 4.02. The Bertz CT molecular complexity index is 1250. The molecule has 0 bridgehead atoms. The smallest absolute Gasteiger partial charge is 0.270 e. The third-order valence-corrected chi connectivity index (χ3v) is 5.28. The summed E-state index contributed by atoms with van der Waals surface area (Å²) >= 11 is 6.03. The molecule has 0 fully saturated rings. The van der Waals surface area contributed by atoms with Gasteiger partial charge >= 0.3 is 0 Å². The van der Waals surface area contributed by atoms with Crippen LogP contribution in [0.4, 0.5) is 0 Å². The van der Waals surface area contributed by atoms with Gasteiger partial charge in [0.1, 0.15) is 11.4 Å². The van der Waals surface area contributed by atoms with Crippen LogP contribution in [0.15, 0.2) is 60.7 Å². The van der Waals surface area contributed by atoms with Crippen LogP contribution in [0.2, 0.25) is 5.02 Å². The Hall–Kier alpha value is -3.42. The van der Waals surface area contributed by atoms with E-state index >= 15 is 0 Å². The van der Waals surface area contributed by atoms with Crippen molar-refractivity contribution in [3.8, 4) is 28.3 Å². The molecular formula is C24H24ClN5O2. The first-order chi connectivity index (χ1) is 15.5. The van der Waals surface area contributed by atoms with Crippen molar-refractivity contribution in [1.29, 1.82) is 0 Å². The second-order valence-electron chi connectivity index (χ2n) is 7.59. The highest BCUT2D eigenvalue weighted by Gasteiger charge is 2.18. The number of ether oxygens (including phenoxy) is 1. The van der Waals surface area contributed by atoms with E-state index in [-0.39, 0.29) is 5.91 Å². The van der Waals surface area contributed by atoms with Crippen molar-refractivity contribution >= 4 is 23.2 Å². The van der Waals surface area contributed by atoms with Gasteiger partial charge in [-0.25, -0.2) is 9.50 Å². The highest BCUT2D eigenvalue weighted by Crippen LogP contribution is 2.30. The van der Waals surface area contributed by atoms with Gasteiger partial charge in [-0.1, -0.05) is 35.9 Å².